The lowest BCUT2D eigenvalue weighted by Crippen LogP contribution is -2.48. The molecule has 104 valence electrons. The van der Waals surface area contributed by atoms with Gasteiger partial charge in [-0.1, -0.05) is 13.0 Å². The molecule has 1 saturated carbocycles. The molecule has 3 rings (SSSR count). The van der Waals surface area contributed by atoms with Gasteiger partial charge in [0.15, 0.2) is 0 Å². The third kappa shape index (κ3) is 1.41. The maximum absolute atomic E-state index is 12.4. The zero-order chi connectivity index (χ0) is 13.7. The molecule has 1 saturated heterocycles. The maximum Gasteiger partial charge on any atom is 0.315 e. The van der Waals surface area contributed by atoms with Crippen LogP contribution in [0.2, 0.25) is 0 Å². The first kappa shape index (κ1) is 12.7. The molecular weight excluding hydrogens is 244 g/mol. The summed E-state index contributed by atoms with van der Waals surface area (Å²) in [5, 5.41) is 0. The standard InChI is InChI=1S/C15H20O4/c1-14-8-6-10(17-2)9-12(14)19-11-5-4-7-15(11,14)13(16)18-3/h6,8-9,11-12H,4-5,7H2,1-3H3/t11-,12-,14+,15+/m0/s1. The maximum atomic E-state index is 12.4. The number of ether oxygens (including phenoxy) is 3. The highest BCUT2D eigenvalue weighted by molar-refractivity contribution is 5.80. The number of carbonyl (C=O) groups excluding carboxylic acids is 1. The molecule has 1 heterocycles. The Balaban J connectivity index is 2.07. The van der Waals surface area contributed by atoms with Crippen molar-refractivity contribution in [2.24, 2.45) is 10.8 Å². The number of carbonyl (C=O) groups is 1. The van der Waals surface area contributed by atoms with Gasteiger partial charge in [0, 0.05) is 5.41 Å². The molecule has 2 aliphatic carbocycles. The van der Waals surface area contributed by atoms with Gasteiger partial charge in [0.25, 0.3) is 0 Å². The van der Waals surface area contributed by atoms with Gasteiger partial charge in [-0.2, -0.15) is 0 Å². The molecule has 0 bridgehead atoms. The number of hydrogen-bond donors (Lipinski definition) is 0. The first-order chi connectivity index (χ1) is 9.08. The Morgan fingerprint density at radius 3 is 2.95 bits per heavy atom. The first-order valence-corrected chi connectivity index (χ1v) is 6.77. The Morgan fingerprint density at radius 1 is 1.47 bits per heavy atom. The van der Waals surface area contributed by atoms with Crippen molar-refractivity contribution in [3.05, 3.63) is 24.0 Å². The second kappa shape index (κ2) is 4.10. The van der Waals surface area contributed by atoms with Crippen LogP contribution in [0.1, 0.15) is 26.2 Å². The van der Waals surface area contributed by atoms with E-state index in [2.05, 4.69) is 13.0 Å². The number of allylic oxidation sites excluding steroid dienone is 1. The van der Waals surface area contributed by atoms with Crippen LogP contribution in [0.3, 0.4) is 0 Å². The summed E-state index contributed by atoms with van der Waals surface area (Å²) in [7, 11) is 3.11. The molecule has 0 aromatic rings. The highest BCUT2D eigenvalue weighted by Gasteiger charge is 2.69. The fourth-order valence-electron chi connectivity index (χ4n) is 4.03. The molecule has 0 aromatic heterocycles. The Kier molecular flexibility index (Phi) is 2.75. The highest BCUT2D eigenvalue weighted by atomic mass is 16.5. The zero-order valence-corrected chi connectivity index (χ0v) is 11.6. The van der Waals surface area contributed by atoms with Crippen molar-refractivity contribution in [1.82, 2.24) is 0 Å². The summed E-state index contributed by atoms with van der Waals surface area (Å²) in [6.07, 6.45) is 8.58. The number of methoxy groups -OCH3 is 2. The highest BCUT2D eigenvalue weighted by Crippen LogP contribution is 2.62. The summed E-state index contributed by atoms with van der Waals surface area (Å²) in [4.78, 5) is 12.4. The molecule has 4 heteroatoms. The molecule has 1 aliphatic heterocycles. The lowest BCUT2D eigenvalue weighted by Gasteiger charge is -2.40. The minimum Gasteiger partial charge on any atom is -0.497 e. The molecule has 0 radical (unpaired) electrons. The molecule has 0 N–H and O–H groups in total. The van der Waals surface area contributed by atoms with Crippen LogP contribution >= 0.6 is 0 Å². The monoisotopic (exact) mass is 264 g/mol. The number of fused-ring (bicyclic) bond motifs is 3. The first-order valence-electron chi connectivity index (χ1n) is 6.77. The fraction of sp³-hybridized carbons (Fsp3) is 0.667. The van der Waals surface area contributed by atoms with Crippen molar-refractivity contribution in [3.63, 3.8) is 0 Å². The Bertz CT molecular complexity index is 467. The van der Waals surface area contributed by atoms with E-state index in [9.17, 15) is 4.79 Å². The lowest BCUT2D eigenvalue weighted by atomic mass is 9.60. The van der Waals surface area contributed by atoms with Gasteiger partial charge >= 0.3 is 5.97 Å². The summed E-state index contributed by atoms with van der Waals surface area (Å²) in [6.45, 7) is 2.10. The average Bonchev–Trinajstić information content (AvgIpc) is 2.94. The van der Waals surface area contributed by atoms with E-state index < -0.39 is 5.41 Å². The van der Waals surface area contributed by atoms with E-state index in [1.165, 1.54) is 7.11 Å². The van der Waals surface area contributed by atoms with E-state index >= 15 is 0 Å². The molecule has 0 amide bonds. The molecular formula is C15H20O4. The van der Waals surface area contributed by atoms with E-state index in [1.54, 1.807) is 7.11 Å². The average molecular weight is 264 g/mol. The quantitative estimate of drug-likeness (QED) is 0.717. The van der Waals surface area contributed by atoms with E-state index in [0.29, 0.717) is 0 Å². The molecule has 0 aromatic carbocycles. The Labute approximate surface area is 113 Å². The Morgan fingerprint density at radius 2 is 2.26 bits per heavy atom. The smallest absolute Gasteiger partial charge is 0.315 e. The van der Waals surface area contributed by atoms with Gasteiger partial charge in [0.2, 0.25) is 0 Å². The minimum absolute atomic E-state index is 0.0490. The SMILES string of the molecule is COC(=O)[C@@]12CCC[C@@H]1O[C@H]1C=C(OC)C=C[C@]12C. The van der Waals surface area contributed by atoms with Gasteiger partial charge in [-0.25, -0.2) is 0 Å². The van der Waals surface area contributed by atoms with Crippen molar-refractivity contribution in [2.45, 2.75) is 38.4 Å². The summed E-state index contributed by atoms with van der Waals surface area (Å²) in [6, 6.07) is 0. The van der Waals surface area contributed by atoms with Crippen molar-refractivity contribution in [3.8, 4) is 0 Å². The van der Waals surface area contributed by atoms with Gasteiger partial charge in [-0.05, 0) is 31.4 Å². The van der Waals surface area contributed by atoms with Crippen molar-refractivity contribution in [1.29, 1.82) is 0 Å². The van der Waals surface area contributed by atoms with Crippen molar-refractivity contribution < 1.29 is 19.0 Å². The summed E-state index contributed by atoms with van der Waals surface area (Å²) in [5.41, 5.74) is -0.887. The third-order valence-corrected chi connectivity index (χ3v) is 5.15. The van der Waals surface area contributed by atoms with Gasteiger partial charge in [0.1, 0.15) is 11.2 Å². The Hall–Kier alpha value is -1.29. The van der Waals surface area contributed by atoms with Gasteiger partial charge in [-0.3, -0.25) is 4.79 Å². The van der Waals surface area contributed by atoms with Crippen molar-refractivity contribution in [2.75, 3.05) is 14.2 Å². The molecule has 3 aliphatic rings. The molecule has 19 heavy (non-hydrogen) atoms. The van der Waals surface area contributed by atoms with Crippen LogP contribution in [0.15, 0.2) is 24.0 Å². The molecule has 2 fully saturated rings. The van der Waals surface area contributed by atoms with E-state index in [1.807, 2.05) is 12.2 Å². The van der Waals surface area contributed by atoms with Crippen LogP contribution in [-0.4, -0.2) is 32.4 Å². The zero-order valence-electron chi connectivity index (χ0n) is 11.6. The van der Waals surface area contributed by atoms with E-state index in [4.69, 9.17) is 14.2 Å². The predicted octanol–water partition coefficient (Wildman–Crippen LogP) is 2.20. The second-order valence-electron chi connectivity index (χ2n) is 5.79. The van der Waals surface area contributed by atoms with Crippen LogP contribution in [0.25, 0.3) is 0 Å². The normalized spacial score (nSPS) is 43.4. The number of hydrogen-bond acceptors (Lipinski definition) is 4. The van der Waals surface area contributed by atoms with E-state index in [0.717, 1.165) is 25.0 Å². The summed E-state index contributed by atoms with van der Waals surface area (Å²) >= 11 is 0. The largest absolute Gasteiger partial charge is 0.497 e. The van der Waals surface area contributed by atoms with Crippen molar-refractivity contribution >= 4 is 5.97 Å². The number of rotatable bonds is 2. The minimum atomic E-state index is -0.543. The molecule has 4 nitrogen and oxygen atoms in total. The summed E-state index contributed by atoms with van der Waals surface area (Å²) < 4.78 is 16.5. The van der Waals surface area contributed by atoms with Crippen LogP contribution in [-0.2, 0) is 19.0 Å². The third-order valence-electron chi connectivity index (χ3n) is 5.15. The molecule has 0 unspecified atom stereocenters. The number of esters is 1. The lowest BCUT2D eigenvalue weighted by molar-refractivity contribution is -0.158. The van der Waals surface area contributed by atoms with Gasteiger partial charge < -0.3 is 14.2 Å². The topological polar surface area (TPSA) is 44.8 Å². The van der Waals surface area contributed by atoms with Gasteiger partial charge in [-0.15, -0.1) is 0 Å². The molecule has 0 spiro atoms. The van der Waals surface area contributed by atoms with Crippen LogP contribution in [0, 0.1) is 10.8 Å². The second-order valence-corrected chi connectivity index (χ2v) is 5.79. The molecule has 4 atom stereocenters. The van der Waals surface area contributed by atoms with Crippen LogP contribution in [0.4, 0.5) is 0 Å². The van der Waals surface area contributed by atoms with Crippen LogP contribution < -0.4 is 0 Å². The fourth-order valence-corrected chi connectivity index (χ4v) is 4.03. The summed E-state index contributed by atoms with van der Waals surface area (Å²) in [5.74, 6) is 0.654. The van der Waals surface area contributed by atoms with Gasteiger partial charge in [0.05, 0.1) is 26.4 Å². The predicted molar refractivity (Wildman–Crippen MR) is 69.3 cm³/mol. The van der Waals surface area contributed by atoms with E-state index in [-0.39, 0.29) is 23.6 Å². The van der Waals surface area contributed by atoms with Crippen LogP contribution in [0.5, 0.6) is 0 Å².